The van der Waals surface area contributed by atoms with Gasteiger partial charge >= 0.3 is 5.92 Å². The molecule has 0 saturated carbocycles. The number of halogens is 2. The number of aryl methyl sites for hydroxylation is 1. The summed E-state index contributed by atoms with van der Waals surface area (Å²) in [5, 5.41) is 18.9. The van der Waals surface area contributed by atoms with Crippen LogP contribution in [0.15, 0.2) is 55.0 Å². The minimum atomic E-state index is -3.37. The van der Waals surface area contributed by atoms with Gasteiger partial charge in [0.15, 0.2) is 5.65 Å². The molecule has 0 amide bonds. The molecule has 5 rings (SSSR count). The van der Waals surface area contributed by atoms with E-state index in [4.69, 9.17) is 0 Å². The minimum absolute atomic E-state index is 0.205. The maximum absolute atomic E-state index is 15.3. The first-order valence-corrected chi connectivity index (χ1v) is 8.49. The number of rotatable bonds is 3. The molecule has 0 unspecified atom stereocenters. The van der Waals surface area contributed by atoms with E-state index >= 15 is 8.78 Å². The van der Waals surface area contributed by atoms with Gasteiger partial charge in [0.2, 0.25) is 5.82 Å². The molecule has 1 aromatic carbocycles. The number of hydrogen-bond donors (Lipinski definition) is 1. The van der Waals surface area contributed by atoms with Crippen LogP contribution in [0.5, 0.6) is 0 Å². The maximum Gasteiger partial charge on any atom is 0.333 e. The smallest absolute Gasteiger partial charge is 0.285 e. The Hall–Kier alpha value is -3.75. The van der Waals surface area contributed by atoms with E-state index in [1.807, 2.05) is 0 Å². The molecule has 0 bridgehead atoms. The Kier molecular flexibility index (Phi) is 3.45. The van der Waals surface area contributed by atoms with E-state index in [-0.39, 0.29) is 11.2 Å². The van der Waals surface area contributed by atoms with Crippen molar-refractivity contribution in [1.82, 2.24) is 35.0 Å². The third-order valence-electron chi connectivity index (χ3n) is 4.55. The lowest BCUT2D eigenvalue weighted by atomic mass is 10.0. The minimum Gasteiger partial charge on any atom is -0.285 e. The first-order chi connectivity index (χ1) is 13.5. The van der Waals surface area contributed by atoms with Crippen molar-refractivity contribution in [3.63, 3.8) is 0 Å². The van der Waals surface area contributed by atoms with E-state index in [0.29, 0.717) is 16.6 Å². The van der Waals surface area contributed by atoms with Gasteiger partial charge in [-0.1, -0.05) is 6.07 Å². The van der Waals surface area contributed by atoms with Crippen molar-refractivity contribution in [2.24, 2.45) is 0 Å². The third-order valence-corrected chi connectivity index (χ3v) is 4.55. The Balaban J connectivity index is 1.65. The zero-order valence-electron chi connectivity index (χ0n) is 14.6. The van der Waals surface area contributed by atoms with Crippen molar-refractivity contribution in [2.75, 3.05) is 0 Å². The number of H-pyrrole nitrogens is 1. The highest BCUT2D eigenvalue weighted by Gasteiger charge is 2.40. The van der Waals surface area contributed by atoms with Gasteiger partial charge in [-0.3, -0.25) is 10.1 Å². The zero-order valence-corrected chi connectivity index (χ0v) is 14.6. The standard InChI is InChI=1S/C19H13F2N7/c1-11-2-5-17-25-26-18(28(17)27-11)19(20,21)15-3-4-16-12(7-15)6-13(8-22-16)14-9-23-24-10-14/h2-10H,1H3,(H,23,24). The lowest BCUT2D eigenvalue weighted by molar-refractivity contribution is 0.0307. The first kappa shape index (κ1) is 16.4. The molecule has 138 valence electrons. The van der Waals surface area contributed by atoms with Crippen LogP contribution in [0.1, 0.15) is 17.1 Å². The monoisotopic (exact) mass is 377 g/mol. The van der Waals surface area contributed by atoms with Gasteiger partial charge in [-0.2, -0.15) is 23.5 Å². The second-order valence-corrected chi connectivity index (χ2v) is 6.46. The van der Waals surface area contributed by atoms with Crippen LogP contribution in [-0.4, -0.2) is 35.0 Å². The van der Waals surface area contributed by atoms with E-state index in [2.05, 4.69) is 30.5 Å². The first-order valence-electron chi connectivity index (χ1n) is 8.49. The van der Waals surface area contributed by atoms with Gasteiger partial charge in [-0.05, 0) is 37.3 Å². The summed E-state index contributed by atoms with van der Waals surface area (Å²) in [5.74, 6) is -3.90. The Morgan fingerprint density at radius 2 is 1.89 bits per heavy atom. The summed E-state index contributed by atoms with van der Waals surface area (Å²) in [6.45, 7) is 1.72. The highest BCUT2D eigenvalue weighted by Crippen LogP contribution is 2.36. The molecule has 9 heteroatoms. The van der Waals surface area contributed by atoms with Crippen LogP contribution in [0.4, 0.5) is 8.78 Å². The molecule has 0 aliphatic carbocycles. The second-order valence-electron chi connectivity index (χ2n) is 6.46. The molecule has 0 saturated heterocycles. The van der Waals surface area contributed by atoms with Crippen molar-refractivity contribution in [2.45, 2.75) is 12.8 Å². The molecule has 0 spiro atoms. The van der Waals surface area contributed by atoms with E-state index < -0.39 is 11.7 Å². The number of nitrogens with one attached hydrogen (secondary N) is 1. The number of fused-ring (bicyclic) bond motifs is 2. The van der Waals surface area contributed by atoms with E-state index in [9.17, 15) is 0 Å². The summed E-state index contributed by atoms with van der Waals surface area (Å²) in [6.07, 6.45) is 5.05. The molecule has 5 aromatic rings. The van der Waals surface area contributed by atoms with E-state index in [0.717, 1.165) is 15.6 Å². The van der Waals surface area contributed by atoms with Gasteiger partial charge in [0, 0.05) is 34.5 Å². The normalized spacial score (nSPS) is 12.1. The van der Waals surface area contributed by atoms with Gasteiger partial charge < -0.3 is 0 Å². The SMILES string of the molecule is Cc1ccc2nnc(C(F)(F)c3ccc4ncc(-c5cn[nH]c5)cc4c3)n2n1. The zero-order chi connectivity index (χ0) is 19.3. The van der Waals surface area contributed by atoms with E-state index in [1.54, 1.807) is 49.8 Å². The predicted molar refractivity (Wildman–Crippen MR) is 97.8 cm³/mol. The molecule has 0 radical (unpaired) electrons. The number of aromatic nitrogens is 7. The lowest BCUT2D eigenvalue weighted by Gasteiger charge is -2.15. The van der Waals surface area contributed by atoms with Crippen molar-refractivity contribution in [1.29, 1.82) is 0 Å². The largest absolute Gasteiger partial charge is 0.333 e. The van der Waals surface area contributed by atoms with Crippen molar-refractivity contribution in [3.05, 3.63) is 72.1 Å². The molecule has 4 aromatic heterocycles. The summed E-state index contributed by atoms with van der Waals surface area (Å²) < 4.78 is 31.7. The summed E-state index contributed by atoms with van der Waals surface area (Å²) in [6, 6.07) is 9.45. The molecule has 0 atom stereocenters. The fourth-order valence-electron chi connectivity index (χ4n) is 3.10. The fraction of sp³-hybridized carbons (Fsp3) is 0.105. The molecule has 28 heavy (non-hydrogen) atoms. The predicted octanol–water partition coefficient (Wildman–Crippen LogP) is 3.51. The number of aromatic amines is 1. The van der Waals surface area contributed by atoms with Gasteiger partial charge in [-0.25, -0.2) is 0 Å². The number of benzene rings is 1. The van der Waals surface area contributed by atoms with Gasteiger partial charge in [0.25, 0.3) is 0 Å². The quantitative estimate of drug-likeness (QED) is 0.520. The van der Waals surface area contributed by atoms with Crippen LogP contribution in [0.3, 0.4) is 0 Å². The average molecular weight is 377 g/mol. The van der Waals surface area contributed by atoms with Gasteiger partial charge in [0.1, 0.15) is 0 Å². The Bertz CT molecular complexity index is 1310. The molecular weight excluding hydrogens is 364 g/mol. The molecule has 1 N–H and O–H groups in total. The Labute approximate surface area is 157 Å². The summed E-state index contributed by atoms with van der Waals surface area (Å²) in [7, 11) is 0. The van der Waals surface area contributed by atoms with Crippen LogP contribution < -0.4 is 0 Å². The highest BCUT2D eigenvalue weighted by atomic mass is 19.3. The van der Waals surface area contributed by atoms with Crippen LogP contribution in [0, 0.1) is 6.92 Å². The van der Waals surface area contributed by atoms with Gasteiger partial charge in [-0.15, -0.1) is 10.2 Å². The molecule has 0 aliphatic rings. The Morgan fingerprint density at radius 1 is 1.00 bits per heavy atom. The summed E-state index contributed by atoms with van der Waals surface area (Å²) >= 11 is 0. The molecule has 0 aliphatic heterocycles. The van der Waals surface area contributed by atoms with Crippen molar-refractivity contribution in [3.8, 4) is 11.1 Å². The van der Waals surface area contributed by atoms with Crippen molar-refractivity contribution < 1.29 is 8.78 Å². The summed E-state index contributed by atoms with van der Waals surface area (Å²) in [5.41, 5.74) is 2.89. The fourth-order valence-corrected chi connectivity index (χ4v) is 3.10. The van der Waals surface area contributed by atoms with Crippen LogP contribution in [0.2, 0.25) is 0 Å². The van der Waals surface area contributed by atoms with E-state index in [1.165, 1.54) is 12.1 Å². The van der Waals surface area contributed by atoms with Crippen molar-refractivity contribution >= 4 is 16.6 Å². The van der Waals surface area contributed by atoms with Gasteiger partial charge in [0.05, 0.1) is 17.4 Å². The Morgan fingerprint density at radius 3 is 2.71 bits per heavy atom. The number of pyridine rings is 1. The average Bonchev–Trinajstić information content (AvgIpc) is 3.37. The molecular formula is C19H13F2N7. The number of nitrogens with zero attached hydrogens (tertiary/aromatic N) is 6. The molecule has 4 heterocycles. The van der Waals surface area contributed by atoms with Crippen LogP contribution >= 0.6 is 0 Å². The third kappa shape index (κ3) is 2.51. The summed E-state index contributed by atoms with van der Waals surface area (Å²) in [4.78, 5) is 4.35. The highest BCUT2D eigenvalue weighted by molar-refractivity contribution is 5.84. The number of hydrogen-bond acceptors (Lipinski definition) is 5. The molecule has 7 nitrogen and oxygen atoms in total. The molecule has 0 fully saturated rings. The van der Waals surface area contributed by atoms with Crippen LogP contribution in [-0.2, 0) is 5.92 Å². The topological polar surface area (TPSA) is 84.6 Å². The lowest BCUT2D eigenvalue weighted by Crippen LogP contribution is -2.20. The number of alkyl halides is 2. The second kappa shape index (κ2) is 5.88. The maximum atomic E-state index is 15.3. The van der Waals surface area contributed by atoms with Crippen LogP contribution in [0.25, 0.3) is 27.7 Å².